The number of hydrogen-bond acceptors (Lipinski definition) is 9. The summed E-state index contributed by atoms with van der Waals surface area (Å²) >= 11 is 0. The molecule has 1 heterocycles. The highest BCUT2D eigenvalue weighted by molar-refractivity contribution is 5.69. The van der Waals surface area contributed by atoms with Crippen LogP contribution in [0.5, 0.6) is 0 Å². The fourth-order valence-electron chi connectivity index (χ4n) is 3.00. The van der Waals surface area contributed by atoms with Crippen molar-refractivity contribution in [3.05, 3.63) is 0 Å². The van der Waals surface area contributed by atoms with Crippen molar-refractivity contribution in [2.75, 3.05) is 19.8 Å². The fourth-order valence-corrected chi connectivity index (χ4v) is 3.00. The van der Waals surface area contributed by atoms with Crippen molar-refractivity contribution in [3.63, 3.8) is 0 Å². The van der Waals surface area contributed by atoms with Gasteiger partial charge in [0.25, 0.3) is 0 Å². The summed E-state index contributed by atoms with van der Waals surface area (Å²) in [4.78, 5) is 11.7. The number of esters is 1. The first kappa shape index (κ1) is 25.2. The standard InChI is InChI=1S/C19H37NO8/c1-2-3-4-5-6-7-8-9-15(23)26-11-13(22)12-27-19-16(20)18(25)17(24)14(10-21)28-19/h13-14,16-19,21-22,24-25H,2-12,20H2,1H3/t13?,14?,16-,17+,18+,19+/m0/s1. The van der Waals surface area contributed by atoms with Crippen LogP contribution in [0.1, 0.15) is 58.3 Å². The summed E-state index contributed by atoms with van der Waals surface area (Å²) in [5.74, 6) is -0.364. The number of aliphatic hydroxyl groups excluding tert-OH is 4. The smallest absolute Gasteiger partial charge is 0.305 e. The maximum atomic E-state index is 11.7. The van der Waals surface area contributed by atoms with E-state index in [4.69, 9.17) is 25.1 Å². The molecule has 9 nitrogen and oxygen atoms in total. The van der Waals surface area contributed by atoms with Crippen molar-refractivity contribution < 1.29 is 39.4 Å². The molecule has 166 valence electrons. The molecule has 0 spiro atoms. The van der Waals surface area contributed by atoms with Gasteiger partial charge in [-0.05, 0) is 6.42 Å². The highest BCUT2D eigenvalue weighted by Gasteiger charge is 2.43. The summed E-state index contributed by atoms with van der Waals surface area (Å²) in [5.41, 5.74) is 5.74. The SMILES string of the molecule is CCCCCCCCCC(=O)OCC(O)CO[C@@H]1OC(CO)[C@@H](O)[C@H](O)[C@@H]1N. The van der Waals surface area contributed by atoms with Gasteiger partial charge in [0.05, 0.1) is 19.3 Å². The molecule has 0 amide bonds. The number of aliphatic hydroxyl groups is 4. The average Bonchev–Trinajstić information content (AvgIpc) is 2.69. The number of ether oxygens (including phenoxy) is 3. The highest BCUT2D eigenvalue weighted by Crippen LogP contribution is 2.20. The molecule has 0 saturated carbocycles. The van der Waals surface area contributed by atoms with E-state index in [1.165, 1.54) is 25.7 Å². The van der Waals surface area contributed by atoms with Crippen LogP contribution in [0.15, 0.2) is 0 Å². The minimum Gasteiger partial charge on any atom is -0.463 e. The molecule has 6 N–H and O–H groups in total. The molecule has 0 aromatic heterocycles. The van der Waals surface area contributed by atoms with Crippen LogP contribution in [0.2, 0.25) is 0 Å². The molecule has 9 heteroatoms. The topological polar surface area (TPSA) is 152 Å². The monoisotopic (exact) mass is 407 g/mol. The summed E-state index contributed by atoms with van der Waals surface area (Å²) in [6, 6.07) is -1.04. The zero-order valence-corrected chi connectivity index (χ0v) is 16.7. The maximum Gasteiger partial charge on any atom is 0.305 e. The molecule has 0 bridgehead atoms. The Hall–Kier alpha value is -0.810. The maximum absolute atomic E-state index is 11.7. The van der Waals surface area contributed by atoms with Gasteiger partial charge in [-0.1, -0.05) is 45.4 Å². The van der Waals surface area contributed by atoms with E-state index in [0.29, 0.717) is 6.42 Å². The summed E-state index contributed by atoms with van der Waals surface area (Å²) in [7, 11) is 0. The zero-order valence-electron chi connectivity index (χ0n) is 16.7. The zero-order chi connectivity index (χ0) is 20.9. The van der Waals surface area contributed by atoms with Crippen molar-refractivity contribution in [2.45, 2.75) is 95.0 Å². The van der Waals surface area contributed by atoms with E-state index in [-0.39, 0.29) is 19.2 Å². The molecule has 0 aliphatic carbocycles. The van der Waals surface area contributed by atoms with E-state index in [2.05, 4.69) is 6.92 Å². The van der Waals surface area contributed by atoms with Gasteiger partial charge in [-0.15, -0.1) is 0 Å². The molecule has 0 radical (unpaired) electrons. The Morgan fingerprint density at radius 2 is 1.71 bits per heavy atom. The molecule has 1 aliphatic rings. The Morgan fingerprint density at radius 1 is 1.07 bits per heavy atom. The molecule has 2 unspecified atom stereocenters. The van der Waals surface area contributed by atoms with Crippen LogP contribution in [0.3, 0.4) is 0 Å². The van der Waals surface area contributed by atoms with Crippen LogP contribution >= 0.6 is 0 Å². The van der Waals surface area contributed by atoms with Crippen molar-refractivity contribution in [3.8, 4) is 0 Å². The largest absolute Gasteiger partial charge is 0.463 e. The van der Waals surface area contributed by atoms with Crippen LogP contribution in [0, 0.1) is 0 Å². The first-order valence-electron chi connectivity index (χ1n) is 10.2. The molecule has 1 fully saturated rings. The second-order valence-electron chi connectivity index (χ2n) is 7.33. The van der Waals surface area contributed by atoms with Crippen LogP contribution in [-0.4, -0.2) is 83.0 Å². The van der Waals surface area contributed by atoms with Gasteiger partial charge in [0.2, 0.25) is 0 Å². The van der Waals surface area contributed by atoms with Gasteiger partial charge < -0.3 is 40.4 Å². The average molecular weight is 408 g/mol. The van der Waals surface area contributed by atoms with E-state index in [0.717, 1.165) is 19.3 Å². The van der Waals surface area contributed by atoms with E-state index >= 15 is 0 Å². The lowest BCUT2D eigenvalue weighted by molar-refractivity contribution is -0.270. The predicted octanol–water partition coefficient (Wildman–Crippen LogP) is -0.186. The summed E-state index contributed by atoms with van der Waals surface area (Å²) < 4.78 is 15.6. The molecule has 1 aliphatic heterocycles. The minimum atomic E-state index is -1.33. The van der Waals surface area contributed by atoms with Gasteiger partial charge in [0.1, 0.15) is 31.0 Å². The second kappa shape index (κ2) is 14.2. The lowest BCUT2D eigenvalue weighted by atomic mass is 9.98. The van der Waals surface area contributed by atoms with Crippen LogP contribution < -0.4 is 5.73 Å². The summed E-state index contributed by atoms with van der Waals surface area (Å²) in [6.45, 7) is 1.21. The van der Waals surface area contributed by atoms with Crippen LogP contribution in [0.25, 0.3) is 0 Å². The van der Waals surface area contributed by atoms with Crippen molar-refractivity contribution >= 4 is 5.97 Å². The van der Waals surface area contributed by atoms with Crippen LogP contribution in [-0.2, 0) is 19.0 Å². The van der Waals surface area contributed by atoms with Gasteiger partial charge in [-0.2, -0.15) is 0 Å². The second-order valence-corrected chi connectivity index (χ2v) is 7.33. The lowest BCUT2D eigenvalue weighted by Crippen LogP contribution is -2.62. The lowest BCUT2D eigenvalue weighted by Gasteiger charge is -2.40. The first-order valence-corrected chi connectivity index (χ1v) is 10.2. The quantitative estimate of drug-likeness (QED) is 0.195. The molecular formula is C19H37NO8. The third-order valence-corrected chi connectivity index (χ3v) is 4.80. The van der Waals surface area contributed by atoms with E-state index in [1.54, 1.807) is 0 Å². The van der Waals surface area contributed by atoms with Gasteiger partial charge in [0, 0.05) is 6.42 Å². The molecule has 0 aromatic rings. The number of carbonyl (C=O) groups is 1. The van der Waals surface area contributed by atoms with Crippen molar-refractivity contribution in [1.82, 2.24) is 0 Å². The van der Waals surface area contributed by atoms with Gasteiger partial charge in [0.15, 0.2) is 6.29 Å². The predicted molar refractivity (Wildman–Crippen MR) is 101 cm³/mol. The van der Waals surface area contributed by atoms with Gasteiger partial charge >= 0.3 is 5.97 Å². The van der Waals surface area contributed by atoms with Crippen molar-refractivity contribution in [1.29, 1.82) is 0 Å². The fraction of sp³-hybridized carbons (Fsp3) is 0.947. The van der Waals surface area contributed by atoms with E-state index < -0.39 is 43.4 Å². The molecule has 6 atom stereocenters. The Labute approximate surface area is 166 Å². The Bertz CT molecular complexity index is 423. The normalized spacial score (nSPS) is 28.9. The summed E-state index contributed by atoms with van der Waals surface area (Å²) in [6.07, 6.45) is 2.21. The summed E-state index contributed by atoms with van der Waals surface area (Å²) in [5, 5.41) is 38.6. The minimum absolute atomic E-state index is 0.216. The van der Waals surface area contributed by atoms with Crippen molar-refractivity contribution in [2.24, 2.45) is 5.73 Å². The van der Waals surface area contributed by atoms with E-state index in [9.17, 15) is 20.1 Å². The number of rotatable bonds is 14. The Kier molecular flexibility index (Phi) is 12.8. The highest BCUT2D eigenvalue weighted by atomic mass is 16.7. The van der Waals surface area contributed by atoms with Gasteiger partial charge in [-0.25, -0.2) is 0 Å². The third kappa shape index (κ3) is 9.13. The molecular weight excluding hydrogens is 370 g/mol. The first-order chi connectivity index (χ1) is 13.4. The third-order valence-electron chi connectivity index (χ3n) is 4.80. The number of nitrogens with two attached hydrogens (primary N) is 1. The molecule has 1 saturated heterocycles. The molecule has 28 heavy (non-hydrogen) atoms. The molecule has 0 aromatic carbocycles. The Morgan fingerprint density at radius 3 is 2.36 bits per heavy atom. The number of hydrogen-bond donors (Lipinski definition) is 5. The van der Waals surface area contributed by atoms with Crippen LogP contribution in [0.4, 0.5) is 0 Å². The van der Waals surface area contributed by atoms with Gasteiger partial charge in [-0.3, -0.25) is 4.79 Å². The molecule has 1 rings (SSSR count). The number of carbonyl (C=O) groups excluding carboxylic acids is 1. The Balaban J connectivity index is 2.15. The number of unbranched alkanes of at least 4 members (excludes halogenated alkanes) is 6. The van der Waals surface area contributed by atoms with E-state index in [1.807, 2.05) is 0 Å².